The summed E-state index contributed by atoms with van der Waals surface area (Å²) in [5, 5.41) is 3.37. The van der Waals surface area contributed by atoms with Crippen molar-refractivity contribution in [2.45, 2.75) is 33.2 Å². The topological polar surface area (TPSA) is 29.1 Å². The maximum absolute atomic E-state index is 13.0. The third-order valence-electron chi connectivity index (χ3n) is 4.52. The Balaban J connectivity index is 2.03. The Morgan fingerprint density at radius 3 is 2.57 bits per heavy atom. The molecule has 1 unspecified atom stereocenters. The van der Waals surface area contributed by atoms with Crippen molar-refractivity contribution in [2.24, 2.45) is 0 Å². The molecule has 0 amide bonds. The van der Waals surface area contributed by atoms with E-state index in [1.807, 2.05) is 25.1 Å². The highest BCUT2D eigenvalue weighted by Gasteiger charge is 2.27. The zero-order chi connectivity index (χ0) is 15.0. The Kier molecular flexibility index (Phi) is 3.64. The summed E-state index contributed by atoms with van der Waals surface area (Å²) >= 11 is 0. The number of Topliss-reactive ketones (excluding diaryl/α,β-unsaturated/α-hetero) is 1. The second-order valence-corrected chi connectivity index (χ2v) is 6.00. The molecule has 2 aromatic rings. The van der Waals surface area contributed by atoms with Crippen LogP contribution in [0, 0.1) is 20.8 Å². The van der Waals surface area contributed by atoms with Gasteiger partial charge in [-0.15, -0.1) is 0 Å². The summed E-state index contributed by atoms with van der Waals surface area (Å²) in [6.07, 6.45) is 0. The summed E-state index contributed by atoms with van der Waals surface area (Å²) in [6, 6.07) is 12.4. The standard InChI is InChI=1S/C19H21NO/c1-12-8-14(3)17(9-13(12)2)19(21)18-11-20-10-15-6-4-5-7-16(15)18/h4-9,18,20H,10-11H2,1-3H3. The van der Waals surface area contributed by atoms with Gasteiger partial charge in [-0.1, -0.05) is 30.3 Å². The quantitative estimate of drug-likeness (QED) is 0.850. The van der Waals surface area contributed by atoms with Gasteiger partial charge in [-0.3, -0.25) is 4.79 Å². The predicted molar refractivity (Wildman–Crippen MR) is 85.9 cm³/mol. The fourth-order valence-corrected chi connectivity index (χ4v) is 3.14. The molecule has 108 valence electrons. The first-order chi connectivity index (χ1) is 10.1. The summed E-state index contributed by atoms with van der Waals surface area (Å²) in [7, 11) is 0. The van der Waals surface area contributed by atoms with Crippen LogP contribution in [0.5, 0.6) is 0 Å². The van der Waals surface area contributed by atoms with Gasteiger partial charge in [0.2, 0.25) is 0 Å². The maximum atomic E-state index is 13.0. The molecule has 0 bridgehead atoms. The van der Waals surface area contributed by atoms with Gasteiger partial charge in [0.05, 0.1) is 5.92 Å². The van der Waals surface area contributed by atoms with Crippen LogP contribution < -0.4 is 5.32 Å². The van der Waals surface area contributed by atoms with Crippen molar-refractivity contribution < 1.29 is 4.79 Å². The molecule has 0 saturated carbocycles. The molecule has 1 aliphatic heterocycles. The van der Waals surface area contributed by atoms with E-state index >= 15 is 0 Å². The van der Waals surface area contributed by atoms with Gasteiger partial charge in [0, 0.05) is 18.7 Å². The molecule has 0 aromatic heterocycles. The number of aryl methyl sites for hydroxylation is 3. The maximum Gasteiger partial charge on any atom is 0.171 e. The number of carbonyl (C=O) groups is 1. The Morgan fingerprint density at radius 2 is 1.76 bits per heavy atom. The van der Waals surface area contributed by atoms with Crippen LogP contribution in [0.15, 0.2) is 36.4 Å². The van der Waals surface area contributed by atoms with Crippen molar-refractivity contribution in [3.8, 4) is 0 Å². The molecule has 1 heterocycles. The number of rotatable bonds is 2. The highest BCUT2D eigenvalue weighted by atomic mass is 16.1. The molecule has 1 N–H and O–H groups in total. The van der Waals surface area contributed by atoms with Crippen molar-refractivity contribution >= 4 is 5.78 Å². The van der Waals surface area contributed by atoms with Crippen LogP contribution in [0.3, 0.4) is 0 Å². The van der Waals surface area contributed by atoms with E-state index in [-0.39, 0.29) is 11.7 Å². The third-order valence-corrected chi connectivity index (χ3v) is 4.52. The molecule has 0 spiro atoms. The number of benzene rings is 2. The molecule has 1 atom stereocenters. The minimum atomic E-state index is -0.0734. The van der Waals surface area contributed by atoms with Gasteiger partial charge in [0.25, 0.3) is 0 Å². The normalized spacial score (nSPS) is 17.4. The van der Waals surface area contributed by atoms with Crippen LogP contribution in [-0.4, -0.2) is 12.3 Å². The van der Waals surface area contributed by atoms with E-state index in [1.54, 1.807) is 0 Å². The second kappa shape index (κ2) is 5.45. The van der Waals surface area contributed by atoms with Gasteiger partial charge in [-0.2, -0.15) is 0 Å². The number of hydrogen-bond acceptors (Lipinski definition) is 2. The zero-order valence-electron chi connectivity index (χ0n) is 12.9. The highest BCUT2D eigenvalue weighted by molar-refractivity contribution is 6.02. The van der Waals surface area contributed by atoms with Crippen LogP contribution in [-0.2, 0) is 6.54 Å². The number of ketones is 1. The van der Waals surface area contributed by atoms with Gasteiger partial charge in [0.1, 0.15) is 0 Å². The SMILES string of the molecule is Cc1cc(C)c(C(=O)C2CNCc3ccccc32)cc1C. The molecule has 2 aromatic carbocycles. The molecule has 2 nitrogen and oxygen atoms in total. The van der Waals surface area contributed by atoms with E-state index in [2.05, 4.69) is 37.4 Å². The highest BCUT2D eigenvalue weighted by Crippen LogP contribution is 2.29. The number of fused-ring (bicyclic) bond motifs is 1. The van der Waals surface area contributed by atoms with Crippen molar-refractivity contribution in [2.75, 3.05) is 6.54 Å². The summed E-state index contributed by atoms with van der Waals surface area (Å²) in [4.78, 5) is 13.0. The summed E-state index contributed by atoms with van der Waals surface area (Å²) in [5.74, 6) is 0.158. The molecule has 21 heavy (non-hydrogen) atoms. The summed E-state index contributed by atoms with van der Waals surface area (Å²) in [5.41, 5.74) is 6.78. The van der Waals surface area contributed by atoms with E-state index in [1.165, 1.54) is 22.3 Å². The first-order valence-electron chi connectivity index (χ1n) is 7.48. The minimum absolute atomic E-state index is 0.0734. The lowest BCUT2D eigenvalue weighted by molar-refractivity contribution is 0.0954. The van der Waals surface area contributed by atoms with E-state index < -0.39 is 0 Å². The first-order valence-corrected chi connectivity index (χ1v) is 7.48. The Hall–Kier alpha value is -1.93. The van der Waals surface area contributed by atoms with Crippen molar-refractivity contribution in [3.05, 3.63) is 69.8 Å². The zero-order valence-corrected chi connectivity index (χ0v) is 12.9. The fraction of sp³-hybridized carbons (Fsp3) is 0.316. The molecule has 3 rings (SSSR count). The van der Waals surface area contributed by atoms with Crippen LogP contribution in [0.1, 0.15) is 44.1 Å². The first kappa shape index (κ1) is 14.0. The van der Waals surface area contributed by atoms with Crippen molar-refractivity contribution in [3.63, 3.8) is 0 Å². The number of nitrogens with one attached hydrogen (secondary N) is 1. The molecular formula is C19H21NO. The average molecular weight is 279 g/mol. The largest absolute Gasteiger partial charge is 0.312 e. The molecule has 1 aliphatic rings. The van der Waals surface area contributed by atoms with Crippen LogP contribution >= 0.6 is 0 Å². The lowest BCUT2D eigenvalue weighted by Gasteiger charge is -2.26. The number of hydrogen-bond donors (Lipinski definition) is 1. The van der Waals surface area contributed by atoms with Gasteiger partial charge in [-0.05, 0) is 54.7 Å². The lowest BCUT2D eigenvalue weighted by atomic mass is 9.83. The average Bonchev–Trinajstić information content (AvgIpc) is 2.49. The van der Waals surface area contributed by atoms with Gasteiger partial charge < -0.3 is 5.32 Å². The van der Waals surface area contributed by atoms with Crippen molar-refractivity contribution in [1.29, 1.82) is 0 Å². The van der Waals surface area contributed by atoms with E-state index in [9.17, 15) is 4.79 Å². The molecule has 0 aliphatic carbocycles. The van der Waals surface area contributed by atoms with Gasteiger partial charge in [-0.25, -0.2) is 0 Å². The fourth-order valence-electron chi connectivity index (χ4n) is 3.14. The summed E-state index contributed by atoms with van der Waals surface area (Å²) in [6.45, 7) is 7.77. The smallest absolute Gasteiger partial charge is 0.171 e. The van der Waals surface area contributed by atoms with Crippen molar-refractivity contribution in [1.82, 2.24) is 5.32 Å². The molecule has 0 saturated heterocycles. The monoisotopic (exact) mass is 279 g/mol. The van der Waals surface area contributed by atoms with Gasteiger partial charge >= 0.3 is 0 Å². The summed E-state index contributed by atoms with van der Waals surface area (Å²) < 4.78 is 0. The molecular weight excluding hydrogens is 258 g/mol. The Labute approximate surface area is 126 Å². The Bertz CT molecular complexity index is 703. The van der Waals surface area contributed by atoms with Gasteiger partial charge in [0.15, 0.2) is 5.78 Å². The lowest BCUT2D eigenvalue weighted by Crippen LogP contribution is -2.33. The third kappa shape index (κ3) is 2.52. The van der Waals surface area contributed by atoms with Crippen LogP contribution in [0.25, 0.3) is 0 Å². The number of carbonyl (C=O) groups excluding carboxylic acids is 1. The van der Waals surface area contributed by atoms with Crippen LogP contribution in [0.4, 0.5) is 0 Å². The molecule has 2 heteroatoms. The Morgan fingerprint density at radius 1 is 1.05 bits per heavy atom. The van der Waals surface area contributed by atoms with E-state index in [0.717, 1.165) is 24.2 Å². The minimum Gasteiger partial charge on any atom is -0.312 e. The van der Waals surface area contributed by atoms with Crippen LogP contribution in [0.2, 0.25) is 0 Å². The van der Waals surface area contributed by atoms with E-state index in [4.69, 9.17) is 0 Å². The van der Waals surface area contributed by atoms with E-state index in [0.29, 0.717) is 0 Å². The molecule has 0 radical (unpaired) electrons. The second-order valence-electron chi connectivity index (χ2n) is 6.00. The molecule has 0 fully saturated rings. The predicted octanol–water partition coefficient (Wildman–Crippen LogP) is 3.68.